The third kappa shape index (κ3) is 3.89. The van der Waals surface area contributed by atoms with E-state index in [4.69, 9.17) is 14.2 Å². The van der Waals surface area contributed by atoms with Gasteiger partial charge in [0.2, 0.25) is 0 Å². The quantitative estimate of drug-likeness (QED) is 0.863. The van der Waals surface area contributed by atoms with E-state index in [0.29, 0.717) is 23.7 Å². The van der Waals surface area contributed by atoms with Gasteiger partial charge in [-0.3, -0.25) is 0 Å². The van der Waals surface area contributed by atoms with E-state index < -0.39 is 0 Å². The number of rotatable bonds is 6. The highest BCUT2D eigenvalue weighted by molar-refractivity contribution is 9.10. The summed E-state index contributed by atoms with van der Waals surface area (Å²) >= 11 is 3.43. The van der Waals surface area contributed by atoms with Gasteiger partial charge in [0.15, 0.2) is 0 Å². The predicted octanol–water partition coefficient (Wildman–Crippen LogP) is 3.54. The maximum absolute atomic E-state index is 9.41. The van der Waals surface area contributed by atoms with E-state index in [1.165, 1.54) is 0 Å². The molecular formula is C16H17BrO4. The van der Waals surface area contributed by atoms with Gasteiger partial charge in [-0.1, -0.05) is 15.9 Å². The van der Waals surface area contributed by atoms with Crippen LogP contribution >= 0.6 is 15.9 Å². The zero-order valence-electron chi connectivity index (χ0n) is 11.9. The van der Waals surface area contributed by atoms with Gasteiger partial charge in [-0.05, 0) is 36.4 Å². The first-order valence-corrected chi connectivity index (χ1v) is 7.20. The van der Waals surface area contributed by atoms with Crippen molar-refractivity contribution in [1.82, 2.24) is 0 Å². The van der Waals surface area contributed by atoms with Crippen LogP contribution in [0, 0.1) is 0 Å². The van der Waals surface area contributed by atoms with Crippen molar-refractivity contribution in [2.24, 2.45) is 0 Å². The molecule has 5 heteroatoms. The number of halogens is 1. The van der Waals surface area contributed by atoms with Crippen molar-refractivity contribution in [1.29, 1.82) is 0 Å². The minimum Gasteiger partial charge on any atom is -0.497 e. The number of hydrogen-bond donors (Lipinski definition) is 1. The molecule has 0 aromatic heterocycles. The first-order valence-electron chi connectivity index (χ1n) is 6.41. The van der Waals surface area contributed by atoms with Crippen LogP contribution in [0.2, 0.25) is 0 Å². The van der Waals surface area contributed by atoms with Gasteiger partial charge in [-0.25, -0.2) is 0 Å². The summed E-state index contributed by atoms with van der Waals surface area (Å²) in [4.78, 5) is 0. The Bertz CT molecular complexity index is 613. The van der Waals surface area contributed by atoms with Gasteiger partial charge in [0.1, 0.15) is 23.9 Å². The normalized spacial score (nSPS) is 10.3. The summed E-state index contributed by atoms with van der Waals surface area (Å²) < 4.78 is 17.2. The van der Waals surface area contributed by atoms with E-state index in [1.54, 1.807) is 32.4 Å². The third-order valence-electron chi connectivity index (χ3n) is 3.06. The van der Waals surface area contributed by atoms with Crippen molar-refractivity contribution < 1.29 is 19.3 Å². The molecule has 21 heavy (non-hydrogen) atoms. The van der Waals surface area contributed by atoms with Crippen LogP contribution in [0.25, 0.3) is 0 Å². The van der Waals surface area contributed by atoms with Crippen LogP contribution in [-0.4, -0.2) is 19.3 Å². The van der Waals surface area contributed by atoms with Crippen LogP contribution in [0.1, 0.15) is 11.1 Å². The van der Waals surface area contributed by atoms with Gasteiger partial charge in [-0.15, -0.1) is 0 Å². The summed E-state index contributed by atoms with van der Waals surface area (Å²) in [5.41, 5.74) is 1.61. The van der Waals surface area contributed by atoms with E-state index in [0.717, 1.165) is 15.8 Å². The Hall–Kier alpha value is -1.72. The molecule has 2 rings (SSSR count). The molecule has 2 aromatic rings. The molecule has 0 saturated carbocycles. The Morgan fingerprint density at radius 3 is 2.38 bits per heavy atom. The fourth-order valence-corrected chi connectivity index (χ4v) is 2.37. The zero-order valence-corrected chi connectivity index (χ0v) is 13.5. The Morgan fingerprint density at radius 2 is 1.71 bits per heavy atom. The number of aliphatic hydroxyl groups excluding tert-OH is 1. The highest BCUT2D eigenvalue weighted by Crippen LogP contribution is 2.28. The number of aliphatic hydroxyl groups is 1. The Kier molecular flexibility index (Phi) is 5.47. The van der Waals surface area contributed by atoms with E-state index in [1.807, 2.05) is 18.2 Å². The largest absolute Gasteiger partial charge is 0.497 e. The maximum Gasteiger partial charge on any atom is 0.125 e. The van der Waals surface area contributed by atoms with Crippen LogP contribution in [0.4, 0.5) is 0 Å². The average molecular weight is 353 g/mol. The average Bonchev–Trinajstić information content (AvgIpc) is 2.52. The number of ether oxygens (including phenoxy) is 3. The second-order valence-electron chi connectivity index (χ2n) is 4.38. The van der Waals surface area contributed by atoms with Crippen LogP contribution in [0.5, 0.6) is 17.2 Å². The summed E-state index contributed by atoms with van der Waals surface area (Å²) in [7, 11) is 3.21. The summed E-state index contributed by atoms with van der Waals surface area (Å²) in [5.74, 6) is 2.07. The van der Waals surface area contributed by atoms with Crippen molar-refractivity contribution in [3.8, 4) is 17.2 Å². The molecule has 0 aliphatic rings. The van der Waals surface area contributed by atoms with Crippen molar-refractivity contribution in [3.05, 3.63) is 52.0 Å². The first-order chi connectivity index (χ1) is 10.2. The first kappa shape index (κ1) is 15.7. The molecule has 0 unspecified atom stereocenters. The molecule has 0 fully saturated rings. The number of benzene rings is 2. The molecule has 0 aliphatic heterocycles. The molecule has 0 aliphatic carbocycles. The lowest BCUT2D eigenvalue weighted by molar-refractivity contribution is 0.256. The van der Waals surface area contributed by atoms with Gasteiger partial charge in [-0.2, -0.15) is 0 Å². The fourth-order valence-electron chi connectivity index (χ4n) is 1.96. The highest BCUT2D eigenvalue weighted by Gasteiger charge is 2.08. The van der Waals surface area contributed by atoms with Gasteiger partial charge in [0, 0.05) is 15.6 Å². The van der Waals surface area contributed by atoms with Crippen molar-refractivity contribution in [3.63, 3.8) is 0 Å². The SMILES string of the molecule is COc1ccc(OCc2cc(Br)ccc2OC)c(CO)c1. The van der Waals surface area contributed by atoms with Gasteiger partial charge < -0.3 is 19.3 Å². The van der Waals surface area contributed by atoms with Crippen molar-refractivity contribution in [2.45, 2.75) is 13.2 Å². The third-order valence-corrected chi connectivity index (χ3v) is 3.56. The molecule has 2 aromatic carbocycles. The lowest BCUT2D eigenvalue weighted by Gasteiger charge is -2.13. The molecule has 4 nitrogen and oxygen atoms in total. The lowest BCUT2D eigenvalue weighted by Crippen LogP contribution is -2.01. The molecule has 0 bridgehead atoms. The van der Waals surface area contributed by atoms with Crippen molar-refractivity contribution in [2.75, 3.05) is 14.2 Å². The molecule has 1 N–H and O–H groups in total. The molecule has 0 amide bonds. The summed E-state index contributed by atoms with van der Waals surface area (Å²) in [5, 5.41) is 9.41. The smallest absolute Gasteiger partial charge is 0.125 e. The second-order valence-corrected chi connectivity index (χ2v) is 5.29. The van der Waals surface area contributed by atoms with Gasteiger partial charge in [0.05, 0.1) is 20.8 Å². The Labute approximate surface area is 132 Å². The minimum absolute atomic E-state index is 0.109. The molecule has 0 heterocycles. The summed E-state index contributed by atoms with van der Waals surface area (Å²) in [6.45, 7) is 0.240. The monoisotopic (exact) mass is 352 g/mol. The van der Waals surface area contributed by atoms with Crippen molar-refractivity contribution >= 4 is 15.9 Å². The molecule has 0 atom stereocenters. The maximum atomic E-state index is 9.41. The standard InChI is InChI=1S/C16H17BrO4/c1-19-14-4-6-16(11(8-14)9-18)21-10-12-7-13(17)3-5-15(12)20-2/h3-8,18H,9-10H2,1-2H3. The topological polar surface area (TPSA) is 47.9 Å². The predicted molar refractivity (Wildman–Crippen MR) is 83.9 cm³/mol. The Balaban J connectivity index is 2.18. The van der Waals surface area contributed by atoms with Crippen LogP contribution < -0.4 is 14.2 Å². The molecule has 0 spiro atoms. The Morgan fingerprint density at radius 1 is 0.952 bits per heavy atom. The van der Waals surface area contributed by atoms with Crippen LogP contribution in [0.3, 0.4) is 0 Å². The number of hydrogen-bond acceptors (Lipinski definition) is 4. The van der Waals surface area contributed by atoms with Gasteiger partial charge in [0.25, 0.3) is 0 Å². The van der Waals surface area contributed by atoms with E-state index >= 15 is 0 Å². The minimum atomic E-state index is -0.109. The van der Waals surface area contributed by atoms with E-state index in [-0.39, 0.29) is 6.61 Å². The lowest BCUT2D eigenvalue weighted by atomic mass is 10.2. The van der Waals surface area contributed by atoms with E-state index in [2.05, 4.69) is 15.9 Å². The molecule has 0 radical (unpaired) electrons. The second kappa shape index (κ2) is 7.33. The van der Waals surface area contributed by atoms with E-state index in [9.17, 15) is 5.11 Å². The fraction of sp³-hybridized carbons (Fsp3) is 0.250. The van der Waals surface area contributed by atoms with Crippen LogP contribution in [0.15, 0.2) is 40.9 Å². The molecular weight excluding hydrogens is 336 g/mol. The van der Waals surface area contributed by atoms with Crippen LogP contribution in [-0.2, 0) is 13.2 Å². The zero-order chi connectivity index (χ0) is 15.2. The molecule has 112 valence electrons. The molecule has 0 saturated heterocycles. The van der Waals surface area contributed by atoms with Gasteiger partial charge >= 0.3 is 0 Å². The summed E-state index contributed by atoms with van der Waals surface area (Å²) in [6.07, 6.45) is 0. The number of methoxy groups -OCH3 is 2. The summed E-state index contributed by atoms with van der Waals surface area (Å²) in [6, 6.07) is 11.1. The highest BCUT2D eigenvalue weighted by atomic mass is 79.9.